The summed E-state index contributed by atoms with van der Waals surface area (Å²) in [5, 5.41) is 3.46. The monoisotopic (exact) mass is 414 g/mol. The highest BCUT2D eigenvalue weighted by Gasteiger charge is 2.15. The lowest BCUT2D eigenvalue weighted by Gasteiger charge is -2.29. The van der Waals surface area contributed by atoms with Gasteiger partial charge in [0.1, 0.15) is 11.7 Å². The fraction of sp³-hybridized carbons (Fsp3) is 0.296. The molecule has 4 heteroatoms. The van der Waals surface area contributed by atoms with Crippen LogP contribution in [0.25, 0.3) is 5.57 Å². The highest BCUT2D eigenvalue weighted by Crippen LogP contribution is 2.27. The summed E-state index contributed by atoms with van der Waals surface area (Å²) in [6.07, 6.45) is 9.86. The van der Waals surface area contributed by atoms with Crippen LogP contribution in [0.5, 0.6) is 0 Å². The molecule has 0 aliphatic carbocycles. The largest absolute Gasteiger partial charge is 0.372 e. The summed E-state index contributed by atoms with van der Waals surface area (Å²) in [5.41, 5.74) is 7.05. The Labute approximate surface area is 187 Å². The predicted octanol–water partition coefficient (Wildman–Crippen LogP) is 6.36. The molecule has 4 rings (SSSR count). The average Bonchev–Trinajstić information content (AvgIpc) is 2.80. The molecule has 2 aromatic rings. The normalized spacial score (nSPS) is 18.0. The summed E-state index contributed by atoms with van der Waals surface area (Å²) in [6, 6.07) is 15.2. The number of aliphatic imine (C=N–C) groups is 1. The lowest BCUT2D eigenvalue weighted by molar-refractivity contribution is 0.561. The molecular weight excluding hydrogens is 380 g/mol. The van der Waals surface area contributed by atoms with Gasteiger partial charge in [-0.2, -0.15) is 0 Å². The maximum absolute atomic E-state index is 4.91. The number of hydrogen-bond donors (Lipinski definition) is 1. The van der Waals surface area contributed by atoms with Crippen molar-refractivity contribution >= 4 is 22.8 Å². The maximum Gasteiger partial charge on any atom is 0.142 e. The van der Waals surface area contributed by atoms with Gasteiger partial charge in [-0.05, 0) is 80.1 Å². The van der Waals surface area contributed by atoms with Crippen LogP contribution in [0.3, 0.4) is 0 Å². The van der Waals surface area contributed by atoms with Crippen LogP contribution >= 0.6 is 0 Å². The van der Waals surface area contributed by atoms with Crippen LogP contribution in [-0.4, -0.2) is 30.9 Å². The van der Waals surface area contributed by atoms with Crippen LogP contribution in [0.15, 0.2) is 78.2 Å². The number of benzene rings is 2. The second kappa shape index (κ2) is 9.25. The van der Waals surface area contributed by atoms with E-state index in [1.165, 1.54) is 36.1 Å². The van der Waals surface area contributed by atoms with Crippen LogP contribution in [0.4, 0.5) is 11.4 Å². The molecule has 0 bridgehead atoms. The number of aryl methyl sites for hydroxylation is 2. The molecule has 2 aliphatic heterocycles. The predicted molar refractivity (Wildman–Crippen MR) is 136 cm³/mol. The van der Waals surface area contributed by atoms with Gasteiger partial charge in [-0.3, -0.25) is 0 Å². The van der Waals surface area contributed by atoms with Gasteiger partial charge in [0.25, 0.3) is 0 Å². The van der Waals surface area contributed by atoms with Crippen molar-refractivity contribution in [1.82, 2.24) is 4.90 Å². The Morgan fingerprint density at radius 2 is 1.77 bits per heavy atom. The van der Waals surface area contributed by atoms with Gasteiger partial charge in [0.15, 0.2) is 0 Å². The fourth-order valence-corrected chi connectivity index (χ4v) is 4.11. The van der Waals surface area contributed by atoms with Crippen LogP contribution in [0, 0.1) is 13.8 Å². The number of amidine groups is 1. The first-order valence-electron chi connectivity index (χ1n) is 11.1. The molecule has 2 aliphatic rings. The highest BCUT2D eigenvalue weighted by molar-refractivity contribution is 6.05. The third-order valence-corrected chi connectivity index (χ3v) is 6.14. The van der Waals surface area contributed by atoms with Crippen LogP contribution in [-0.2, 0) is 0 Å². The quantitative estimate of drug-likeness (QED) is 0.631. The number of nitrogens with one attached hydrogen (secondary N) is 1. The molecule has 162 valence electrons. The van der Waals surface area contributed by atoms with Gasteiger partial charge >= 0.3 is 0 Å². The van der Waals surface area contributed by atoms with E-state index in [1.54, 1.807) is 0 Å². The minimum atomic E-state index is 0. The smallest absolute Gasteiger partial charge is 0.142 e. The molecule has 0 saturated carbocycles. The number of nitrogens with zero attached hydrogens (tertiary/aromatic N) is 3. The Balaban J connectivity index is 0.00000289. The molecule has 0 spiro atoms. The van der Waals surface area contributed by atoms with E-state index in [-0.39, 0.29) is 1.43 Å². The van der Waals surface area contributed by atoms with Crippen LogP contribution in [0.1, 0.15) is 37.4 Å². The second-order valence-electron chi connectivity index (χ2n) is 8.38. The van der Waals surface area contributed by atoms with Crippen LogP contribution in [0.2, 0.25) is 0 Å². The summed E-state index contributed by atoms with van der Waals surface area (Å²) in [6.45, 7) is 10.6. The van der Waals surface area contributed by atoms with Crippen molar-refractivity contribution in [2.45, 2.75) is 33.1 Å². The van der Waals surface area contributed by atoms with Gasteiger partial charge in [-0.15, -0.1) is 0 Å². The van der Waals surface area contributed by atoms with Crippen molar-refractivity contribution < 1.29 is 1.43 Å². The summed E-state index contributed by atoms with van der Waals surface area (Å²) in [4.78, 5) is 9.42. The molecule has 2 heterocycles. The van der Waals surface area contributed by atoms with Gasteiger partial charge in [0, 0.05) is 44.7 Å². The molecule has 0 radical (unpaired) electrons. The van der Waals surface area contributed by atoms with E-state index < -0.39 is 0 Å². The SMILES string of the molecule is C=C/C(=C1/N=C(Nc2ccc(N3CCCCC3)cc2)C=CN1C)c1ccc(C)c(C)c1.[HH]. The van der Waals surface area contributed by atoms with Gasteiger partial charge < -0.3 is 15.1 Å². The van der Waals surface area contributed by atoms with Crippen molar-refractivity contribution in [1.29, 1.82) is 0 Å². The number of anilines is 2. The fourth-order valence-electron chi connectivity index (χ4n) is 4.11. The summed E-state index contributed by atoms with van der Waals surface area (Å²) in [7, 11) is 2.02. The lowest BCUT2D eigenvalue weighted by Crippen LogP contribution is -2.29. The zero-order chi connectivity index (χ0) is 21.8. The van der Waals surface area contributed by atoms with E-state index in [0.29, 0.717) is 0 Å². The molecule has 0 aromatic heterocycles. The summed E-state index contributed by atoms with van der Waals surface area (Å²) in [5.74, 6) is 1.70. The lowest BCUT2D eigenvalue weighted by atomic mass is 10.00. The standard InChI is InChI=1S/C27H32N4.H2/c1-5-25(22-10-9-20(2)21(3)19-22)27-29-26(15-18-30(27)4)28-23-11-13-24(14-12-23)31-16-7-6-8-17-31;/h5,9-15,18-19H,1,6-8,16-17H2,2-4H3,(H,28,29);1H/b27-25+;. The Morgan fingerprint density at radius 3 is 2.45 bits per heavy atom. The number of hydrogen-bond acceptors (Lipinski definition) is 4. The molecule has 31 heavy (non-hydrogen) atoms. The first kappa shape index (κ1) is 21.0. The van der Waals surface area contributed by atoms with E-state index in [1.807, 2.05) is 30.3 Å². The molecule has 4 nitrogen and oxygen atoms in total. The maximum atomic E-state index is 4.91. The number of piperidine rings is 1. The van der Waals surface area contributed by atoms with Gasteiger partial charge in [0.05, 0.1) is 0 Å². The zero-order valence-corrected chi connectivity index (χ0v) is 18.9. The Morgan fingerprint density at radius 1 is 1.03 bits per heavy atom. The second-order valence-corrected chi connectivity index (χ2v) is 8.38. The van der Waals surface area contributed by atoms with Crippen LogP contribution < -0.4 is 10.2 Å². The number of rotatable bonds is 4. The molecule has 2 aromatic carbocycles. The number of allylic oxidation sites excluding steroid dienone is 2. The van der Waals surface area contributed by atoms with E-state index in [9.17, 15) is 0 Å². The summed E-state index contributed by atoms with van der Waals surface area (Å²) < 4.78 is 0. The molecular formula is C27H34N4. The molecule has 1 fully saturated rings. The van der Waals surface area contributed by atoms with E-state index >= 15 is 0 Å². The van der Waals surface area contributed by atoms with Gasteiger partial charge in [-0.1, -0.05) is 30.9 Å². The van der Waals surface area contributed by atoms with Gasteiger partial charge in [-0.25, -0.2) is 4.99 Å². The molecule has 1 saturated heterocycles. The Kier molecular flexibility index (Phi) is 6.26. The third-order valence-electron chi connectivity index (χ3n) is 6.14. The third kappa shape index (κ3) is 4.74. The van der Waals surface area contributed by atoms with E-state index in [2.05, 4.69) is 73.1 Å². The van der Waals surface area contributed by atoms with Crippen molar-refractivity contribution in [3.05, 3.63) is 89.9 Å². The molecule has 0 amide bonds. The first-order valence-corrected chi connectivity index (χ1v) is 11.1. The molecule has 0 unspecified atom stereocenters. The Bertz CT molecular complexity index is 1040. The van der Waals surface area contributed by atoms with Crippen molar-refractivity contribution in [3.8, 4) is 0 Å². The molecule has 1 N–H and O–H groups in total. The first-order chi connectivity index (χ1) is 15.0. The molecule has 0 atom stereocenters. The minimum absolute atomic E-state index is 0. The zero-order valence-electron chi connectivity index (χ0n) is 18.9. The van der Waals surface area contributed by atoms with Crippen molar-refractivity contribution in [2.75, 3.05) is 30.4 Å². The van der Waals surface area contributed by atoms with Crippen molar-refractivity contribution in [3.63, 3.8) is 0 Å². The highest BCUT2D eigenvalue weighted by atomic mass is 15.2. The average molecular weight is 415 g/mol. The topological polar surface area (TPSA) is 30.9 Å². The minimum Gasteiger partial charge on any atom is -0.372 e. The Hall–Kier alpha value is -3.27. The summed E-state index contributed by atoms with van der Waals surface area (Å²) >= 11 is 0. The van der Waals surface area contributed by atoms with Gasteiger partial charge in [0.2, 0.25) is 0 Å². The van der Waals surface area contributed by atoms with E-state index in [4.69, 9.17) is 4.99 Å². The van der Waals surface area contributed by atoms with E-state index in [0.717, 1.165) is 41.6 Å². The van der Waals surface area contributed by atoms with Crippen molar-refractivity contribution in [2.24, 2.45) is 4.99 Å².